The molecule has 0 fully saturated rings. The Morgan fingerprint density at radius 2 is 1.41 bits per heavy atom. The second kappa shape index (κ2) is 10.8. The first kappa shape index (κ1) is 21.9. The van der Waals surface area contributed by atoms with Crippen molar-refractivity contribution in [2.24, 2.45) is 0 Å². The van der Waals surface area contributed by atoms with Crippen molar-refractivity contribution in [3.63, 3.8) is 0 Å². The van der Waals surface area contributed by atoms with E-state index in [0.717, 1.165) is 11.1 Å². The third-order valence-electron chi connectivity index (χ3n) is 4.38. The van der Waals surface area contributed by atoms with E-state index >= 15 is 0 Å². The Morgan fingerprint density at radius 3 is 1.97 bits per heavy atom. The maximum atomic E-state index is 12.9. The molecule has 0 unspecified atom stereocenters. The Morgan fingerprint density at radius 1 is 0.828 bits per heavy atom. The highest BCUT2D eigenvalue weighted by atomic mass is 16.5. The molecule has 0 saturated carbocycles. The van der Waals surface area contributed by atoms with Crippen LogP contribution in [-0.2, 0) is 32.0 Å². The quantitative estimate of drug-likeness (QED) is 0.627. The molecule has 0 saturated heterocycles. The molecule has 2 N–H and O–H groups in total. The number of methoxy groups -OCH3 is 2. The third kappa shape index (κ3) is 6.95. The second-order valence-electron chi connectivity index (χ2n) is 6.58. The number of nitrogens with one attached hydrogen (secondary N) is 2. The highest BCUT2D eigenvalue weighted by Crippen LogP contribution is 2.13. The zero-order valence-electron chi connectivity index (χ0n) is 16.8. The van der Waals surface area contributed by atoms with Gasteiger partial charge in [0.2, 0.25) is 11.8 Å². The fraction of sp³-hybridized carbons (Fsp3) is 0.318. The van der Waals surface area contributed by atoms with E-state index in [9.17, 15) is 14.4 Å². The molecular formula is C22H26N2O5. The van der Waals surface area contributed by atoms with Gasteiger partial charge in [-0.15, -0.1) is 0 Å². The molecule has 154 valence electrons. The smallest absolute Gasteiger partial charge is 0.328 e. The lowest BCUT2D eigenvalue weighted by atomic mass is 10.0. The molecule has 2 amide bonds. The van der Waals surface area contributed by atoms with Gasteiger partial charge in [-0.3, -0.25) is 9.59 Å². The molecule has 7 heteroatoms. The van der Waals surface area contributed by atoms with E-state index < -0.39 is 24.0 Å². The lowest BCUT2D eigenvalue weighted by molar-refractivity contribution is -0.145. The predicted octanol–water partition coefficient (Wildman–Crippen LogP) is 1.64. The van der Waals surface area contributed by atoms with Crippen LogP contribution in [0, 0.1) is 0 Å². The fourth-order valence-corrected chi connectivity index (χ4v) is 2.91. The van der Waals surface area contributed by atoms with E-state index in [0.29, 0.717) is 12.2 Å². The number of carbonyl (C=O) groups is 3. The number of carbonyl (C=O) groups excluding carboxylic acids is 3. The number of hydrogen-bond acceptors (Lipinski definition) is 5. The maximum absolute atomic E-state index is 12.9. The number of esters is 1. The van der Waals surface area contributed by atoms with E-state index in [1.54, 1.807) is 19.2 Å². The summed E-state index contributed by atoms with van der Waals surface area (Å²) in [6.45, 7) is 1.35. The fourth-order valence-electron chi connectivity index (χ4n) is 2.91. The van der Waals surface area contributed by atoms with Crippen molar-refractivity contribution in [3.8, 4) is 5.75 Å². The number of hydrogen-bond donors (Lipinski definition) is 2. The zero-order chi connectivity index (χ0) is 21.2. The Hall–Kier alpha value is -3.35. The summed E-state index contributed by atoms with van der Waals surface area (Å²) in [6.07, 6.45) is 0.559. The van der Waals surface area contributed by atoms with Crippen LogP contribution in [0.25, 0.3) is 0 Å². The van der Waals surface area contributed by atoms with Gasteiger partial charge in [0, 0.05) is 19.8 Å². The highest BCUT2D eigenvalue weighted by Gasteiger charge is 2.27. The number of amides is 2. The van der Waals surface area contributed by atoms with Crippen LogP contribution in [0.2, 0.25) is 0 Å². The predicted molar refractivity (Wildman–Crippen MR) is 108 cm³/mol. The third-order valence-corrected chi connectivity index (χ3v) is 4.38. The summed E-state index contributed by atoms with van der Waals surface area (Å²) in [5, 5.41) is 5.36. The SMILES string of the molecule is COC(=O)[C@H](Cc1ccc(OC)cc1)NC(=O)[C@@H](Cc1ccccc1)NC(C)=O. The Kier molecular flexibility index (Phi) is 8.21. The molecule has 0 spiro atoms. The normalized spacial score (nSPS) is 12.4. The van der Waals surface area contributed by atoms with Gasteiger partial charge in [0.1, 0.15) is 17.8 Å². The summed E-state index contributed by atoms with van der Waals surface area (Å²) < 4.78 is 9.97. The van der Waals surface area contributed by atoms with Gasteiger partial charge in [-0.1, -0.05) is 42.5 Å². The molecule has 0 aliphatic heterocycles. The van der Waals surface area contributed by atoms with Crippen LogP contribution in [0.15, 0.2) is 54.6 Å². The van der Waals surface area contributed by atoms with Crippen LogP contribution >= 0.6 is 0 Å². The Bertz CT molecular complexity index is 821. The molecular weight excluding hydrogens is 372 g/mol. The zero-order valence-corrected chi connectivity index (χ0v) is 16.8. The van der Waals surface area contributed by atoms with Crippen LogP contribution in [-0.4, -0.2) is 44.1 Å². The first-order valence-corrected chi connectivity index (χ1v) is 9.25. The number of benzene rings is 2. The molecule has 2 aromatic rings. The number of rotatable bonds is 9. The van der Waals surface area contributed by atoms with E-state index in [4.69, 9.17) is 9.47 Å². The van der Waals surface area contributed by atoms with Gasteiger partial charge in [0.05, 0.1) is 14.2 Å². The maximum Gasteiger partial charge on any atom is 0.328 e. The monoisotopic (exact) mass is 398 g/mol. The lowest BCUT2D eigenvalue weighted by Crippen LogP contribution is -2.53. The molecule has 0 aromatic heterocycles. The number of ether oxygens (including phenoxy) is 2. The van der Waals surface area contributed by atoms with Gasteiger partial charge in [0.15, 0.2) is 0 Å². The van der Waals surface area contributed by atoms with E-state index in [2.05, 4.69) is 10.6 Å². The van der Waals surface area contributed by atoms with Gasteiger partial charge in [0.25, 0.3) is 0 Å². The van der Waals surface area contributed by atoms with Crippen LogP contribution in [0.1, 0.15) is 18.1 Å². The second-order valence-corrected chi connectivity index (χ2v) is 6.58. The molecule has 0 bridgehead atoms. The molecule has 2 aromatic carbocycles. The molecule has 29 heavy (non-hydrogen) atoms. The van der Waals surface area contributed by atoms with Gasteiger partial charge < -0.3 is 20.1 Å². The summed E-state index contributed by atoms with van der Waals surface area (Å²) in [5.74, 6) is -0.643. The molecule has 0 radical (unpaired) electrons. The van der Waals surface area contributed by atoms with Crippen LogP contribution in [0.5, 0.6) is 5.75 Å². The minimum atomic E-state index is -0.882. The summed E-state index contributed by atoms with van der Waals surface area (Å²) >= 11 is 0. The minimum Gasteiger partial charge on any atom is -0.497 e. The topological polar surface area (TPSA) is 93.7 Å². The summed E-state index contributed by atoms with van der Waals surface area (Å²) in [7, 11) is 2.84. The standard InChI is InChI=1S/C22H26N2O5/c1-15(25)23-19(13-16-7-5-4-6-8-16)21(26)24-20(22(27)29-3)14-17-9-11-18(28-2)12-10-17/h4-12,19-20H,13-14H2,1-3H3,(H,23,25)(H,24,26)/t19-,20+/m1/s1. The average Bonchev–Trinajstić information content (AvgIpc) is 2.73. The summed E-state index contributed by atoms with van der Waals surface area (Å²) in [5.41, 5.74) is 1.73. The largest absolute Gasteiger partial charge is 0.497 e. The van der Waals surface area contributed by atoms with Crippen molar-refractivity contribution in [2.45, 2.75) is 31.8 Å². The van der Waals surface area contributed by atoms with E-state index in [1.807, 2.05) is 42.5 Å². The first-order valence-electron chi connectivity index (χ1n) is 9.25. The first-order chi connectivity index (χ1) is 13.9. The molecule has 0 aliphatic rings. The molecule has 2 atom stereocenters. The van der Waals surface area contributed by atoms with Crippen molar-refractivity contribution < 1.29 is 23.9 Å². The Balaban J connectivity index is 2.13. The molecule has 0 heterocycles. The summed E-state index contributed by atoms with van der Waals surface area (Å²) in [4.78, 5) is 36.7. The van der Waals surface area contributed by atoms with Crippen molar-refractivity contribution in [1.29, 1.82) is 0 Å². The van der Waals surface area contributed by atoms with E-state index in [1.165, 1.54) is 14.0 Å². The van der Waals surface area contributed by atoms with Gasteiger partial charge in [-0.05, 0) is 23.3 Å². The summed E-state index contributed by atoms with van der Waals surface area (Å²) in [6, 6.07) is 14.8. The van der Waals surface area contributed by atoms with Crippen LogP contribution in [0.3, 0.4) is 0 Å². The van der Waals surface area contributed by atoms with Gasteiger partial charge in [-0.25, -0.2) is 4.79 Å². The molecule has 2 rings (SSSR count). The van der Waals surface area contributed by atoms with Gasteiger partial charge in [-0.2, -0.15) is 0 Å². The van der Waals surface area contributed by atoms with Gasteiger partial charge >= 0.3 is 5.97 Å². The van der Waals surface area contributed by atoms with Crippen molar-refractivity contribution in [1.82, 2.24) is 10.6 Å². The average molecular weight is 398 g/mol. The minimum absolute atomic E-state index is 0.251. The lowest BCUT2D eigenvalue weighted by Gasteiger charge is -2.22. The van der Waals surface area contributed by atoms with Crippen molar-refractivity contribution >= 4 is 17.8 Å². The molecule has 7 nitrogen and oxygen atoms in total. The highest BCUT2D eigenvalue weighted by molar-refractivity contribution is 5.90. The van der Waals surface area contributed by atoms with Crippen molar-refractivity contribution in [3.05, 3.63) is 65.7 Å². The van der Waals surface area contributed by atoms with Crippen molar-refractivity contribution in [2.75, 3.05) is 14.2 Å². The van der Waals surface area contributed by atoms with E-state index in [-0.39, 0.29) is 12.3 Å². The Labute approximate surface area is 170 Å². The molecule has 0 aliphatic carbocycles. The van der Waals surface area contributed by atoms with Crippen LogP contribution in [0.4, 0.5) is 0 Å². The van der Waals surface area contributed by atoms with Crippen LogP contribution < -0.4 is 15.4 Å².